The molecule has 0 unspecified atom stereocenters. The minimum Gasteiger partial charge on any atom is -0.308 e. The first-order valence-corrected chi connectivity index (χ1v) is 7.35. The second kappa shape index (κ2) is 5.36. The molecule has 0 aliphatic carbocycles. The van der Waals surface area contributed by atoms with Crippen LogP contribution in [0, 0.1) is 5.82 Å². The molecule has 0 bridgehead atoms. The van der Waals surface area contributed by atoms with E-state index in [-0.39, 0.29) is 28.3 Å². The summed E-state index contributed by atoms with van der Waals surface area (Å²) in [5.74, 6) is -0.484. The molecule has 2 heterocycles. The SMILES string of the molecule is Cn1c(=O)[nH]c2nc(Br)n(Cc3c(F)cccc3Cl)c2c1=O. The van der Waals surface area contributed by atoms with E-state index in [4.69, 9.17) is 11.6 Å². The molecular weight excluding hydrogens is 379 g/mol. The molecule has 0 radical (unpaired) electrons. The third-order valence-electron chi connectivity index (χ3n) is 3.34. The second-order valence-corrected chi connectivity index (χ2v) is 5.78. The molecule has 0 aliphatic heterocycles. The Morgan fingerprint density at radius 1 is 1.41 bits per heavy atom. The number of nitrogens with one attached hydrogen (secondary N) is 1. The summed E-state index contributed by atoms with van der Waals surface area (Å²) in [6.45, 7) is 0.00384. The van der Waals surface area contributed by atoms with E-state index in [0.717, 1.165) is 4.57 Å². The van der Waals surface area contributed by atoms with Crippen molar-refractivity contribution in [3.8, 4) is 0 Å². The highest BCUT2D eigenvalue weighted by Gasteiger charge is 2.17. The molecule has 9 heteroatoms. The number of hydrogen-bond donors (Lipinski definition) is 1. The van der Waals surface area contributed by atoms with Crippen LogP contribution in [0.3, 0.4) is 0 Å². The van der Waals surface area contributed by atoms with Gasteiger partial charge in [-0.25, -0.2) is 14.2 Å². The van der Waals surface area contributed by atoms with Crippen molar-refractivity contribution in [2.75, 3.05) is 0 Å². The lowest BCUT2D eigenvalue weighted by Crippen LogP contribution is -2.33. The maximum absolute atomic E-state index is 13.9. The highest BCUT2D eigenvalue weighted by Crippen LogP contribution is 2.23. The molecule has 1 N–H and O–H groups in total. The van der Waals surface area contributed by atoms with Crippen LogP contribution in [0.4, 0.5) is 4.39 Å². The fourth-order valence-electron chi connectivity index (χ4n) is 2.15. The van der Waals surface area contributed by atoms with Gasteiger partial charge in [-0.3, -0.25) is 14.3 Å². The van der Waals surface area contributed by atoms with Gasteiger partial charge in [-0.2, -0.15) is 0 Å². The third-order valence-corrected chi connectivity index (χ3v) is 4.30. The maximum atomic E-state index is 13.9. The summed E-state index contributed by atoms with van der Waals surface area (Å²) in [7, 11) is 1.35. The molecule has 6 nitrogen and oxygen atoms in total. The topological polar surface area (TPSA) is 72.7 Å². The monoisotopic (exact) mass is 386 g/mol. The Hall–Kier alpha value is -1.93. The predicted molar refractivity (Wildman–Crippen MR) is 83.8 cm³/mol. The Kier molecular flexibility index (Phi) is 3.65. The first-order chi connectivity index (χ1) is 10.4. The van der Waals surface area contributed by atoms with E-state index in [2.05, 4.69) is 25.9 Å². The van der Waals surface area contributed by atoms with E-state index in [1.165, 1.54) is 23.7 Å². The zero-order chi connectivity index (χ0) is 16.0. The van der Waals surface area contributed by atoms with Gasteiger partial charge in [0.15, 0.2) is 15.9 Å². The lowest BCUT2D eigenvalue weighted by atomic mass is 10.2. The number of hydrogen-bond acceptors (Lipinski definition) is 3. The number of aromatic nitrogens is 4. The van der Waals surface area contributed by atoms with Crippen LogP contribution in [0.2, 0.25) is 5.02 Å². The van der Waals surface area contributed by atoms with Crippen LogP contribution in [0.25, 0.3) is 11.2 Å². The van der Waals surface area contributed by atoms with Crippen LogP contribution in [0.5, 0.6) is 0 Å². The molecular formula is C13H9BrClFN4O2. The van der Waals surface area contributed by atoms with E-state index in [0.29, 0.717) is 4.73 Å². The molecule has 0 aliphatic rings. The molecule has 0 spiro atoms. The highest BCUT2D eigenvalue weighted by molar-refractivity contribution is 9.10. The van der Waals surface area contributed by atoms with Crippen LogP contribution in [0.15, 0.2) is 32.5 Å². The normalized spacial score (nSPS) is 11.3. The summed E-state index contributed by atoms with van der Waals surface area (Å²) in [5.41, 5.74) is -0.568. The largest absolute Gasteiger partial charge is 0.329 e. The maximum Gasteiger partial charge on any atom is 0.329 e. The lowest BCUT2D eigenvalue weighted by molar-refractivity contribution is 0.599. The minimum absolute atomic E-state index is 0.00384. The van der Waals surface area contributed by atoms with Crippen molar-refractivity contribution in [3.05, 3.63) is 60.2 Å². The first-order valence-electron chi connectivity index (χ1n) is 6.18. The van der Waals surface area contributed by atoms with Gasteiger partial charge in [0, 0.05) is 17.6 Å². The fourth-order valence-corrected chi connectivity index (χ4v) is 2.85. The minimum atomic E-state index is -0.571. The number of H-pyrrole nitrogens is 1. The average Bonchev–Trinajstić information content (AvgIpc) is 2.76. The number of benzene rings is 1. The van der Waals surface area contributed by atoms with Crippen molar-refractivity contribution < 1.29 is 4.39 Å². The highest BCUT2D eigenvalue weighted by atomic mass is 79.9. The average molecular weight is 388 g/mol. The Morgan fingerprint density at radius 2 is 2.14 bits per heavy atom. The smallest absolute Gasteiger partial charge is 0.308 e. The number of rotatable bonds is 2. The summed E-state index contributed by atoms with van der Waals surface area (Å²) in [6, 6.07) is 4.35. The summed E-state index contributed by atoms with van der Waals surface area (Å²) >= 11 is 9.23. The number of halogens is 3. The fraction of sp³-hybridized carbons (Fsp3) is 0.154. The summed E-state index contributed by atoms with van der Waals surface area (Å²) in [5, 5.41) is 0.245. The van der Waals surface area contributed by atoms with Crippen LogP contribution in [-0.4, -0.2) is 19.1 Å². The van der Waals surface area contributed by atoms with E-state index in [9.17, 15) is 14.0 Å². The molecule has 0 amide bonds. The van der Waals surface area contributed by atoms with Gasteiger partial charge < -0.3 is 4.57 Å². The predicted octanol–water partition coefficient (Wildman–Crippen LogP) is 2.03. The van der Waals surface area contributed by atoms with Crippen LogP contribution < -0.4 is 11.2 Å². The van der Waals surface area contributed by atoms with Gasteiger partial charge in [0.05, 0.1) is 6.54 Å². The van der Waals surface area contributed by atoms with Crippen molar-refractivity contribution in [1.29, 1.82) is 0 Å². The Bertz CT molecular complexity index is 987. The molecule has 3 rings (SSSR count). The van der Waals surface area contributed by atoms with Crippen molar-refractivity contribution in [2.45, 2.75) is 6.54 Å². The van der Waals surface area contributed by atoms with Gasteiger partial charge in [-0.05, 0) is 28.1 Å². The van der Waals surface area contributed by atoms with E-state index in [1.807, 2.05) is 0 Å². The Balaban J connectivity index is 2.28. The first kappa shape index (κ1) is 15.0. The van der Waals surface area contributed by atoms with Gasteiger partial charge in [-0.15, -0.1) is 0 Å². The summed E-state index contributed by atoms with van der Waals surface area (Å²) in [6.07, 6.45) is 0. The number of imidazole rings is 1. The van der Waals surface area contributed by atoms with Crippen LogP contribution >= 0.6 is 27.5 Å². The van der Waals surface area contributed by atoms with Crippen molar-refractivity contribution in [1.82, 2.24) is 19.1 Å². The van der Waals surface area contributed by atoms with E-state index < -0.39 is 17.1 Å². The van der Waals surface area contributed by atoms with Crippen LogP contribution in [-0.2, 0) is 13.6 Å². The lowest BCUT2D eigenvalue weighted by Gasteiger charge is -2.09. The van der Waals surface area contributed by atoms with Crippen molar-refractivity contribution in [3.63, 3.8) is 0 Å². The second-order valence-electron chi connectivity index (χ2n) is 4.66. The third kappa shape index (κ3) is 2.28. The van der Waals surface area contributed by atoms with Crippen LogP contribution in [0.1, 0.15) is 5.56 Å². The van der Waals surface area contributed by atoms with E-state index >= 15 is 0 Å². The van der Waals surface area contributed by atoms with E-state index in [1.54, 1.807) is 6.07 Å². The molecule has 0 fully saturated rings. The molecule has 0 saturated heterocycles. The number of fused-ring (bicyclic) bond motifs is 1. The van der Waals surface area contributed by atoms with Crippen molar-refractivity contribution in [2.24, 2.45) is 7.05 Å². The molecule has 114 valence electrons. The van der Waals surface area contributed by atoms with Gasteiger partial charge in [0.25, 0.3) is 5.56 Å². The molecule has 3 aromatic rings. The summed E-state index contributed by atoms with van der Waals surface area (Å²) in [4.78, 5) is 30.5. The van der Waals surface area contributed by atoms with Gasteiger partial charge in [0.1, 0.15) is 5.82 Å². The number of aromatic amines is 1. The Morgan fingerprint density at radius 3 is 2.82 bits per heavy atom. The molecule has 0 atom stereocenters. The molecule has 1 aromatic carbocycles. The summed E-state index contributed by atoms with van der Waals surface area (Å²) < 4.78 is 16.6. The number of nitrogens with zero attached hydrogens (tertiary/aromatic N) is 3. The van der Waals surface area contributed by atoms with Gasteiger partial charge in [0.2, 0.25) is 0 Å². The van der Waals surface area contributed by atoms with Gasteiger partial charge in [-0.1, -0.05) is 17.7 Å². The molecule has 22 heavy (non-hydrogen) atoms. The molecule has 0 saturated carbocycles. The standard InChI is InChI=1S/C13H9BrClFN4O2/c1-19-11(21)9-10(18-13(19)22)17-12(14)20(9)5-6-7(15)3-2-4-8(6)16/h2-4H,5H2,1H3,(H,18,22). The zero-order valence-electron chi connectivity index (χ0n) is 11.2. The van der Waals surface area contributed by atoms with Gasteiger partial charge >= 0.3 is 5.69 Å². The van der Waals surface area contributed by atoms with Crippen molar-refractivity contribution >= 4 is 38.7 Å². The molecule has 2 aromatic heterocycles. The quantitative estimate of drug-likeness (QED) is 0.684. The Labute approximate surface area is 136 Å². The zero-order valence-corrected chi connectivity index (χ0v) is 13.6.